The minimum Gasteiger partial charge on any atom is -0.389 e. The molecule has 1 heteroatoms. The second-order valence-corrected chi connectivity index (χ2v) is 6.60. The van der Waals surface area contributed by atoms with Crippen molar-refractivity contribution in [2.75, 3.05) is 0 Å². The third-order valence-electron chi connectivity index (χ3n) is 4.57. The molecule has 22 heavy (non-hydrogen) atoms. The Morgan fingerprint density at radius 3 is 2.18 bits per heavy atom. The van der Waals surface area contributed by atoms with Crippen LogP contribution >= 0.6 is 0 Å². The fourth-order valence-corrected chi connectivity index (χ4v) is 3.07. The lowest BCUT2D eigenvalue weighted by molar-refractivity contribution is 0.125. The van der Waals surface area contributed by atoms with Crippen molar-refractivity contribution in [2.24, 2.45) is 5.92 Å². The van der Waals surface area contributed by atoms with Crippen LogP contribution in [0.4, 0.5) is 0 Å². The molecule has 1 rings (SSSR count). The highest BCUT2D eigenvalue weighted by atomic mass is 16.3. The number of rotatable bonds is 11. The molecule has 126 valence electrons. The van der Waals surface area contributed by atoms with E-state index in [-0.39, 0.29) is 6.10 Å². The van der Waals surface area contributed by atoms with E-state index in [9.17, 15) is 5.11 Å². The predicted molar refractivity (Wildman–Crippen MR) is 98.0 cm³/mol. The van der Waals surface area contributed by atoms with Crippen LogP contribution in [0.25, 0.3) is 0 Å². The lowest BCUT2D eigenvalue weighted by atomic mass is 9.85. The number of aliphatic hydroxyl groups excluding tert-OH is 1. The Morgan fingerprint density at radius 2 is 1.50 bits per heavy atom. The van der Waals surface area contributed by atoms with Gasteiger partial charge in [0.1, 0.15) is 0 Å². The van der Waals surface area contributed by atoms with Crippen molar-refractivity contribution < 1.29 is 5.11 Å². The zero-order valence-corrected chi connectivity index (χ0v) is 14.6. The summed E-state index contributed by atoms with van der Waals surface area (Å²) in [6.07, 6.45) is 27.8. The van der Waals surface area contributed by atoms with Crippen molar-refractivity contribution in [1.82, 2.24) is 0 Å². The molecule has 0 aromatic rings. The fraction of sp³-hybridized carbons (Fsp3) is 0.714. The molecule has 0 aromatic carbocycles. The van der Waals surface area contributed by atoms with Gasteiger partial charge in [0.05, 0.1) is 6.10 Å². The Kier molecular flexibility index (Phi) is 12.1. The quantitative estimate of drug-likeness (QED) is 0.268. The van der Waals surface area contributed by atoms with Gasteiger partial charge in [-0.2, -0.15) is 0 Å². The Hall–Kier alpha value is -0.820. The lowest BCUT2D eigenvalue weighted by Crippen LogP contribution is -2.20. The molecule has 1 saturated carbocycles. The maximum atomic E-state index is 10.1. The van der Waals surface area contributed by atoms with Crippen molar-refractivity contribution in [3.63, 3.8) is 0 Å². The van der Waals surface area contributed by atoms with E-state index in [2.05, 4.69) is 31.2 Å². The molecule has 1 fully saturated rings. The zero-order valence-electron chi connectivity index (χ0n) is 14.6. The largest absolute Gasteiger partial charge is 0.389 e. The van der Waals surface area contributed by atoms with Crippen molar-refractivity contribution in [3.8, 4) is 0 Å². The first-order valence-corrected chi connectivity index (χ1v) is 9.51. The molecule has 1 unspecified atom stereocenters. The van der Waals surface area contributed by atoms with Crippen molar-refractivity contribution in [1.29, 1.82) is 0 Å². The van der Waals surface area contributed by atoms with Gasteiger partial charge in [-0.25, -0.2) is 0 Å². The van der Waals surface area contributed by atoms with Crippen LogP contribution in [0.1, 0.15) is 84.0 Å². The van der Waals surface area contributed by atoms with E-state index in [4.69, 9.17) is 0 Å². The monoisotopic (exact) mass is 304 g/mol. The minimum absolute atomic E-state index is 0.238. The summed E-state index contributed by atoms with van der Waals surface area (Å²) in [5.74, 6) is 0.498. The van der Waals surface area contributed by atoms with Crippen molar-refractivity contribution in [3.05, 3.63) is 36.5 Å². The third kappa shape index (κ3) is 10.00. The van der Waals surface area contributed by atoms with E-state index in [1.165, 1.54) is 70.6 Å². The number of hydrogen-bond donors (Lipinski definition) is 1. The van der Waals surface area contributed by atoms with Crippen LogP contribution in [0.15, 0.2) is 36.5 Å². The molecule has 0 heterocycles. The fourth-order valence-electron chi connectivity index (χ4n) is 3.07. The first kappa shape index (κ1) is 19.2. The maximum absolute atomic E-state index is 10.1. The molecule has 0 aliphatic heterocycles. The third-order valence-corrected chi connectivity index (χ3v) is 4.57. The summed E-state index contributed by atoms with van der Waals surface area (Å²) in [6, 6.07) is 0. The van der Waals surface area contributed by atoms with E-state index in [0.29, 0.717) is 5.92 Å². The predicted octanol–water partition coefficient (Wildman–Crippen LogP) is 6.35. The molecular formula is C21H36O. The van der Waals surface area contributed by atoms with Gasteiger partial charge >= 0.3 is 0 Å². The molecule has 0 spiro atoms. The van der Waals surface area contributed by atoms with Crippen LogP contribution < -0.4 is 0 Å². The SMILES string of the molecule is CCCC/C=C\CCCC/C=C\C=C\C(O)C1CCCCC1. The molecule has 1 nitrogen and oxygen atoms in total. The Bertz CT molecular complexity index is 321. The van der Waals surface area contributed by atoms with Crippen LogP contribution in [0, 0.1) is 5.92 Å². The summed E-state index contributed by atoms with van der Waals surface area (Å²) in [5, 5.41) is 10.1. The maximum Gasteiger partial charge on any atom is 0.0752 e. The van der Waals surface area contributed by atoms with Crippen LogP contribution in [0.5, 0.6) is 0 Å². The average molecular weight is 305 g/mol. The summed E-state index contributed by atoms with van der Waals surface area (Å²) in [7, 11) is 0. The Labute approximate surface area is 138 Å². The van der Waals surface area contributed by atoms with E-state index >= 15 is 0 Å². The van der Waals surface area contributed by atoms with Gasteiger partial charge in [0, 0.05) is 0 Å². The molecule has 1 aliphatic carbocycles. The standard InChI is InChI=1S/C21H36O/c1-2-3-4-5-6-7-8-9-10-11-12-16-19-21(22)20-17-14-13-15-18-20/h5-6,11-12,16,19-22H,2-4,7-10,13-15,17-18H2,1H3/b6-5-,12-11-,19-16+. The molecule has 1 aliphatic rings. The molecular weight excluding hydrogens is 268 g/mol. The molecule has 0 amide bonds. The number of allylic oxidation sites excluding steroid dienone is 5. The summed E-state index contributed by atoms with van der Waals surface area (Å²) in [5.41, 5.74) is 0. The van der Waals surface area contributed by atoms with Gasteiger partial charge in [-0.15, -0.1) is 0 Å². The normalized spacial score (nSPS) is 18.8. The van der Waals surface area contributed by atoms with Gasteiger partial charge in [0.15, 0.2) is 0 Å². The summed E-state index contributed by atoms with van der Waals surface area (Å²) in [4.78, 5) is 0. The second kappa shape index (κ2) is 13.8. The summed E-state index contributed by atoms with van der Waals surface area (Å²) < 4.78 is 0. The van der Waals surface area contributed by atoms with Gasteiger partial charge < -0.3 is 5.11 Å². The lowest BCUT2D eigenvalue weighted by Gasteiger charge is -2.24. The van der Waals surface area contributed by atoms with Crippen LogP contribution in [0.3, 0.4) is 0 Å². The number of aliphatic hydroxyl groups is 1. The van der Waals surface area contributed by atoms with Crippen LogP contribution in [-0.4, -0.2) is 11.2 Å². The molecule has 1 atom stereocenters. The first-order chi connectivity index (χ1) is 10.8. The van der Waals surface area contributed by atoms with Crippen LogP contribution in [-0.2, 0) is 0 Å². The molecule has 1 N–H and O–H groups in total. The van der Waals surface area contributed by atoms with Gasteiger partial charge in [-0.05, 0) is 50.9 Å². The molecule has 0 bridgehead atoms. The van der Waals surface area contributed by atoms with E-state index in [1.807, 2.05) is 12.2 Å². The van der Waals surface area contributed by atoms with Gasteiger partial charge in [0.2, 0.25) is 0 Å². The van der Waals surface area contributed by atoms with Crippen molar-refractivity contribution in [2.45, 2.75) is 90.1 Å². The number of hydrogen-bond acceptors (Lipinski definition) is 1. The van der Waals surface area contributed by atoms with Gasteiger partial charge in [-0.3, -0.25) is 0 Å². The first-order valence-electron chi connectivity index (χ1n) is 9.51. The van der Waals surface area contributed by atoms with E-state index in [0.717, 1.165) is 6.42 Å². The van der Waals surface area contributed by atoms with Gasteiger partial charge in [-0.1, -0.05) is 75.5 Å². The highest BCUT2D eigenvalue weighted by molar-refractivity contribution is 5.05. The van der Waals surface area contributed by atoms with E-state index in [1.54, 1.807) is 0 Å². The summed E-state index contributed by atoms with van der Waals surface area (Å²) in [6.45, 7) is 2.24. The minimum atomic E-state index is -0.238. The molecule has 0 saturated heterocycles. The summed E-state index contributed by atoms with van der Waals surface area (Å²) >= 11 is 0. The molecule has 0 radical (unpaired) electrons. The highest BCUT2D eigenvalue weighted by Gasteiger charge is 2.18. The highest BCUT2D eigenvalue weighted by Crippen LogP contribution is 2.26. The topological polar surface area (TPSA) is 20.2 Å². The van der Waals surface area contributed by atoms with Gasteiger partial charge in [0.25, 0.3) is 0 Å². The second-order valence-electron chi connectivity index (χ2n) is 6.60. The Morgan fingerprint density at radius 1 is 0.864 bits per heavy atom. The van der Waals surface area contributed by atoms with Crippen LogP contribution in [0.2, 0.25) is 0 Å². The number of unbranched alkanes of at least 4 members (excludes halogenated alkanes) is 5. The smallest absolute Gasteiger partial charge is 0.0752 e. The van der Waals surface area contributed by atoms with E-state index < -0.39 is 0 Å². The Balaban J connectivity index is 1.98. The average Bonchev–Trinajstić information content (AvgIpc) is 2.56. The zero-order chi connectivity index (χ0) is 15.9. The van der Waals surface area contributed by atoms with Crippen molar-refractivity contribution >= 4 is 0 Å². The molecule has 0 aromatic heterocycles.